The van der Waals surface area contributed by atoms with Crippen molar-refractivity contribution in [3.63, 3.8) is 0 Å². The smallest absolute Gasteiger partial charge is 0.320 e. The lowest BCUT2D eigenvalue weighted by molar-refractivity contribution is -0.705. The third kappa shape index (κ3) is 9.77. The standard InChI is InChI=1S/C20H30N4O8S2/c1-34-20(33)32-11(3-5-14(22)18(28)29)8-24-7-10(2-4-13(21)17(26)27)12(16(25)9-24)6-15(23)19(30)31/h7,9,11,13-15H,2-6,8,21-23H2,1H3,(H3-,25,26,27,28,29,30,31). The van der Waals surface area contributed by atoms with E-state index in [9.17, 15) is 19.5 Å². The molecule has 0 saturated heterocycles. The fourth-order valence-electron chi connectivity index (χ4n) is 3.09. The van der Waals surface area contributed by atoms with Crippen LogP contribution >= 0.6 is 24.0 Å². The summed E-state index contributed by atoms with van der Waals surface area (Å²) in [5.74, 6) is -4.12. The highest BCUT2D eigenvalue weighted by molar-refractivity contribution is 8.22. The van der Waals surface area contributed by atoms with Crippen LogP contribution in [0.3, 0.4) is 0 Å². The maximum Gasteiger partial charge on any atom is 0.320 e. The highest BCUT2D eigenvalue weighted by atomic mass is 32.2. The molecule has 0 aliphatic heterocycles. The molecule has 34 heavy (non-hydrogen) atoms. The molecule has 1 aromatic heterocycles. The zero-order valence-corrected chi connectivity index (χ0v) is 20.2. The lowest BCUT2D eigenvalue weighted by atomic mass is 9.96. The highest BCUT2D eigenvalue weighted by Crippen LogP contribution is 2.21. The van der Waals surface area contributed by atoms with E-state index in [0.29, 0.717) is 5.56 Å². The van der Waals surface area contributed by atoms with Gasteiger partial charge < -0.3 is 42.4 Å². The number of aryl methyl sites for hydroxylation is 1. The molecule has 0 bridgehead atoms. The molecule has 0 radical (unpaired) electrons. The molecular formula is C20H30N4O8S2. The Morgan fingerprint density at radius 2 is 1.59 bits per heavy atom. The fourth-order valence-corrected chi connectivity index (χ4v) is 3.46. The summed E-state index contributed by atoms with van der Waals surface area (Å²) >= 11 is 6.29. The Labute approximate surface area is 206 Å². The van der Waals surface area contributed by atoms with E-state index in [2.05, 4.69) is 0 Å². The van der Waals surface area contributed by atoms with Gasteiger partial charge in [0.25, 0.3) is 0 Å². The van der Waals surface area contributed by atoms with Crippen LogP contribution in [0.25, 0.3) is 0 Å². The van der Waals surface area contributed by atoms with E-state index >= 15 is 0 Å². The molecule has 14 heteroatoms. The topological polar surface area (TPSA) is 226 Å². The van der Waals surface area contributed by atoms with Gasteiger partial charge in [0.2, 0.25) is 4.38 Å². The average molecular weight is 519 g/mol. The number of nitrogens with zero attached hydrogens (tertiary/aromatic N) is 1. The molecule has 4 unspecified atom stereocenters. The lowest BCUT2D eigenvalue weighted by Gasteiger charge is -2.21. The summed E-state index contributed by atoms with van der Waals surface area (Å²) in [5.41, 5.74) is 17.3. The molecule has 0 fully saturated rings. The van der Waals surface area contributed by atoms with Crippen molar-refractivity contribution in [3.8, 4) is 5.75 Å². The number of carboxylic acid groups (broad SMARTS) is 3. The Kier molecular flexibility index (Phi) is 12.2. The van der Waals surface area contributed by atoms with Crippen LogP contribution in [0.4, 0.5) is 0 Å². The summed E-state index contributed by atoms with van der Waals surface area (Å²) in [6.45, 7) is 0.117. The van der Waals surface area contributed by atoms with E-state index in [-0.39, 0.29) is 48.6 Å². The van der Waals surface area contributed by atoms with Crippen molar-refractivity contribution in [2.24, 2.45) is 17.2 Å². The predicted octanol–water partition coefficient (Wildman–Crippen LogP) is -1.43. The molecule has 0 saturated carbocycles. The number of carboxylic acids is 3. The molecule has 190 valence electrons. The van der Waals surface area contributed by atoms with Crippen LogP contribution in [-0.4, -0.2) is 68.1 Å². The van der Waals surface area contributed by atoms with Gasteiger partial charge in [0, 0.05) is 5.56 Å². The van der Waals surface area contributed by atoms with Crippen molar-refractivity contribution < 1.29 is 44.1 Å². The second-order valence-electron chi connectivity index (χ2n) is 7.67. The molecule has 12 nitrogen and oxygen atoms in total. The number of nitrogens with two attached hydrogens (primary N) is 3. The van der Waals surface area contributed by atoms with Gasteiger partial charge in [-0.3, -0.25) is 14.4 Å². The number of pyridine rings is 1. The number of rotatable bonds is 14. The maximum absolute atomic E-state index is 12.8. The average Bonchev–Trinajstić information content (AvgIpc) is 2.76. The minimum absolute atomic E-state index is 0.0120. The summed E-state index contributed by atoms with van der Waals surface area (Å²) in [6.07, 6.45) is 4.16. The van der Waals surface area contributed by atoms with E-state index in [0.717, 1.165) is 0 Å². The summed E-state index contributed by atoms with van der Waals surface area (Å²) in [4.78, 5) is 33.3. The first-order chi connectivity index (χ1) is 15.8. The molecule has 0 spiro atoms. The van der Waals surface area contributed by atoms with Crippen molar-refractivity contribution in [2.45, 2.75) is 62.9 Å². The Morgan fingerprint density at radius 3 is 2.12 bits per heavy atom. The number of thiocarbonyl (C=S) groups is 1. The third-order valence-electron chi connectivity index (χ3n) is 5.03. The number of carbonyl (C=O) groups is 3. The van der Waals surface area contributed by atoms with E-state index in [1.807, 2.05) is 0 Å². The first kappa shape index (κ1) is 29.5. The highest BCUT2D eigenvalue weighted by Gasteiger charge is 2.24. The number of ether oxygens (including phenoxy) is 1. The summed E-state index contributed by atoms with van der Waals surface area (Å²) in [7, 11) is 0. The van der Waals surface area contributed by atoms with Crippen LogP contribution in [0.5, 0.6) is 5.75 Å². The van der Waals surface area contributed by atoms with Crippen molar-refractivity contribution in [2.75, 3.05) is 6.26 Å². The second-order valence-corrected chi connectivity index (χ2v) is 9.08. The van der Waals surface area contributed by atoms with Crippen molar-refractivity contribution in [1.82, 2.24) is 0 Å². The van der Waals surface area contributed by atoms with Gasteiger partial charge >= 0.3 is 17.9 Å². The third-order valence-corrected chi connectivity index (χ3v) is 6.06. The van der Waals surface area contributed by atoms with Crippen LogP contribution < -0.4 is 26.9 Å². The molecule has 0 aliphatic carbocycles. The molecule has 4 atom stereocenters. The van der Waals surface area contributed by atoms with Gasteiger partial charge in [-0.1, -0.05) is 11.8 Å². The first-order valence-electron chi connectivity index (χ1n) is 10.3. The maximum atomic E-state index is 12.8. The lowest BCUT2D eigenvalue weighted by Crippen LogP contribution is -2.43. The molecular weight excluding hydrogens is 488 g/mol. The first-order valence-corrected chi connectivity index (χ1v) is 11.9. The Bertz CT molecular complexity index is 902. The number of hydrogen-bond donors (Lipinski definition) is 6. The van der Waals surface area contributed by atoms with Gasteiger partial charge in [-0.15, -0.1) is 0 Å². The van der Waals surface area contributed by atoms with Gasteiger partial charge in [-0.2, -0.15) is 0 Å². The summed E-state index contributed by atoms with van der Waals surface area (Å²) in [6, 6.07) is -3.58. The van der Waals surface area contributed by atoms with Gasteiger partial charge in [-0.05, 0) is 61.9 Å². The fraction of sp³-hybridized carbons (Fsp3) is 0.550. The Balaban J connectivity index is 3.23. The van der Waals surface area contributed by atoms with Gasteiger partial charge in [0.15, 0.2) is 25.0 Å². The Hall–Kier alpha value is -2.52. The van der Waals surface area contributed by atoms with E-state index in [1.165, 1.54) is 22.5 Å². The monoisotopic (exact) mass is 518 g/mol. The van der Waals surface area contributed by atoms with E-state index in [1.54, 1.807) is 12.5 Å². The zero-order valence-electron chi connectivity index (χ0n) is 18.6. The van der Waals surface area contributed by atoms with E-state index < -0.39 is 47.9 Å². The summed E-state index contributed by atoms with van der Waals surface area (Å²) in [5, 5.41) is 40.0. The minimum atomic E-state index is -1.32. The zero-order chi connectivity index (χ0) is 26.0. The Morgan fingerprint density at radius 1 is 1.03 bits per heavy atom. The number of aliphatic carboxylic acids is 3. The van der Waals surface area contributed by atoms with Crippen LogP contribution in [0.15, 0.2) is 12.4 Å². The minimum Gasteiger partial charge on any atom is -0.868 e. The second kappa shape index (κ2) is 14.0. The number of thioether (sulfide) groups is 1. The number of hydrogen-bond acceptors (Lipinski definition) is 10. The van der Waals surface area contributed by atoms with Crippen molar-refractivity contribution >= 4 is 46.3 Å². The van der Waals surface area contributed by atoms with E-state index in [4.69, 9.17) is 49.5 Å². The molecule has 0 amide bonds. The van der Waals surface area contributed by atoms with Crippen LogP contribution in [-0.2, 0) is 38.5 Å². The van der Waals surface area contributed by atoms with Gasteiger partial charge in [-0.25, -0.2) is 4.57 Å². The molecule has 0 aromatic carbocycles. The van der Waals surface area contributed by atoms with Crippen LogP contribution in [0, 0.1) is 0 Å². The normalized spacial score (nSPS) is 14.6. The van der Waals surface area contributed by atoms with Crippen LogP contribution in [0.2, 0.25) is 0 Å². The molecule has 1 aromatic rings. The molecule has 1 heterocycles. The molecule has 0 aliphatic rings. The molecule has 9 N–H and O–H groups in total. The van der Waals surface area contributed by atoms with Crippen LogP contribution in [0.1, 0.15) is 30.4 Å². The van der Waals surface area contributed by atoms with Gasteiger partial charge in [0.05, 0.1) is 0 Å². The van der Waals surface area contributed by atoms with Crippen molar-refractivity contribution in [1.29, 1.82) is 0 Å². The van der Waals surface area contributed by atoms with Gasteiger partial charge in [0.1, 0.15) is 18.1 Å². The quantitative estimate of drug-likeness (QED) is 0.123. The predicted molar refractivity (Wildman–Crippen MR) is 125 cm³/mol. The number of aromatic nitrogens is 1. The molecule has 1 rings (SSSR count). The SMILES string of the molecule is CSC(=S)OC(CCC(N)C(=O)O)C[n+]1cc([O-])c(CC(N)C(=O)O)c(CCC(N)C(=O)O)c1. The van der Waals surface area contributed by atoms with Crippen molar-refractivity contribution in [3.05, 3.63) is 23.5 Å². The largest absolute Gasteiger partial charge is 0.868 e. The summed E-state index contributed by atoms with van der Waals surface area (Å²) < 4.78 is 7.44.